The molecule has 1 heterocycles. The van der Waals surface area contributed by atoms with Gasteiger partial charge in [0.25, 0.3) is 5.91 Å². The Morgan fingerprint density at radius 1 is 1.17 bits per heavy atom. The van der Waals surface area contributed by atoms with Crippen molar-refractivity contribution in [2.24, 2.45) is 5.92 Å². The Labute approximate surface area is 144 Å². The van der Waals surface area contributed by atoms with E-state index < -0.39 is 0 Å². The highest BCUT2D eigenvalue weighted by atomic mass is 32.1. The van der Waals surface area contributed by atoms with E-state index in [0.29, 0.717) is 15.7 Å². The molecular weight excluding hydrogens is 322 g/mol. The molecule has 2 aliphatic rings. The second-order valence-corrected chi connectivity index (χ2v) is 7.49. The molecule has 0 bridgehead atoms. The largest absolute Gasteiger partial charge is 0.321 e. The first-order valence-corrected chi connectivity index (χ1v) is 9.13. The summed E-state index contributed by atoms with van der Waals surface area (Å²) in [6.07, 6.45) is 5.28. The van der Waals surface area contributed by atoms with Gasteiger partial charge in [-0.15, -0.1) is 0 Å². The van der Waals surface area contributed by atoms with Gasteiger partial charge >= 0.3 is 0 Å². The molecule has 0 atom stereocenters. The number of benzene rings is 1. The van der Waals surface area contributed by atoms with Crippen LogP contribution in [0.4, 0.5) is 10.8 Å². The van der Waals surface area contributed by atoms with Crippen LogP contribution in [-0.2, 0) is 17.6 Å². The molecule has 0 spiro atoms. The zero-order valence-corrected chi connectivity index (χ0v) is 14.3. The number of nitrogens with zero attached hydrogens (tertiary/aromatic N) is 1. The third-order valence-electron chi connectivity index (χ3n) is 4.54. The SMILES string of the molecule is Cc1nc(NC(=O)C2CC2)sc1C(=O)Nc1ccc2c(c1)CCC2. The Bertz CT molecular complexity index is 824. The molecule has 1 aromatic heterocycles. The average molecular weight is 341 g/mol. The maximum absolute atomic E-state index is 12.5. The van der Waals surface area contributed by atoms with E-state index in [1.165, 1.54) is 28.9 Å². The summed E-state index contributed by atoms with van der Waals surface area (Å²) in [4.78, 5) is 29.2. The smallest absolute Gasteiger partial charge is 0.267 e. The summed E-state index contributed by atoms with van der Waals surface area (Å²) in [7, 11) is 0. The van der Waals surface area contributed by atoms with Crippen LogP contribution in [0.1, 0.15) is 45.8 Å². The minimum Gasteiger partial charge on any atom is -0.321 e. The summed E-state index contributed by atoms with van der Waals surface area (Å²) >= 11 is 1.23. The van der Waals surface area contributed by atoms with Gasteiger partial charge in [-0.25, -0.2) is 4.98 Å². The quantitative estimate of drug-likeness (QED) is 0.893. The number of nitrogens with one attached hydrogen (secondary N) is 2. The Balaban J connectivity index is 1.47. The third-order valence-corrected chi connectivity index (χ3v) is 5.61. The molecule has 1 saturated carbocycles. The van der Waals surface area contributed by atoms with Crippen LogP contribution >= 0.6 is 11.3 Å². The molecule has 4 rings (SSSR count). The lowest BCUT2D eigenvalue weighted by molar-refractivity contribution is -0.117. The molecule has 0 saturated heterocycles. The highest BCUT2D eigenvalue weighted by Gasteiger charge is 2.30. The minimum absolute atomic E-state index is 0.00864. The zero-order chi connectivity index (χ0) is 16.7. The molecule has 124 valence electrons. The van der Waals surface area contributed by atoms with Crippen molar-refractivity contribution in [2.75, 3.05) is 10.6 Å². The summed E-state index contributed by atoms with van der Waals surface area (Å²) in [5.74, 6) is -0.0397. The van der Waals surface area contributed by atoms with Gasteiger partial charge in [0.2, 0.25) is 5.91 Å². The molecule has 0 unspecified atom stereocenters. The van der Waals surface area contributed by atoms with Crippen molar-refractivity contribution in [1.29, 1.82) is 0 Å². The molecule has 2 aromatic rings. The Kier molecular flexibility index (Phi) is 3.84. The van der Waals surface area contributed by atoms with Crippen LogP contribution in [0.25, 0.3) is 0 Å². The van der Waals surface area contributed by atoms with E-state index >= 15 is 0 Å². The van der Waals surface area contributed by atoms with Gasteiger partial charge in [0, 0.05) is 11.6 Å². The van der Waals surface area contributed by atoms with Gasteiger partial charge in [-0.1, -0.05) is 17.4 Å². The molecule has 0 aliphatic heterocycles. The van der Waals surface area contributed by atoms with Crippen LogP contribution in [0, 0.1) is 12.8 Å². The van der Waals surface area contributed by atoms with Crippen molar-refractivity contribution < 1.29 is 9.59 Å². The fourth-order valence-corrected chi connectivity index (χ4v) is 3.92. The molecule has 0 radical (unpaired) electrons. The van der Waals surface area contributed by atoms with Crippen molar-refractivity contribution in [3.05, 3.63) is 39.9 Å². The number of aryl methyl sites for hydroxylation is 3. The molecule has 6 heteroatoms. The number of hydrogen-bond acceptors (Lipinski definition) is 4. The van der Waals surface area contributed by atoms with E-state index in [1.54, 1.807) is 6.92 Å². The molecule has 2 aliphatic carbocycles. The lowest BCUT2D eigenvalue weighted by Gasteiger charge is -2.06. The number of amides is 2. The second kappa shape index (κ2) is 6.02. The summed E-state index contributed by atoms with van der Waals surface area (Å²) in [6.45, 7) is 1.79. The van der Waals surface area contributed by atoms with Gasteiger partial charge in [0.15, 0.2) is 5.13 Å². The number of carbonyl (C=O) groups is 2. The first-order valence-electron chi connectivity index (χ1n) is 8.31. The van der Waals surface area contributed by atoms with E-state index in [9.17, 15) is 9.59 Å². The minimum atomic E-state index is -0.171. The third kappa shape index (κ3) is 3.06. The van der Waals surface area contributed by atoms with E-state index in [-0.39, 0.29) is 17.7 Å². The second-order valence-electron chi connectivity index (χ2n) is 6.49. The van der Waals surface area contributed by atoms with Crippen LogP contribution in [0.3, 0.4) is 0 Å². The van der Waals surface area contributed by atoms with E-state index in [0.717, 1.165) is 31.4 Å². The molecule has 1 aromatic carbocycles. The number of aromatic nitrogens is 1. The molecule has 5 nitrogen and oxygen atoms in total. The topological polar surface area (TPSA) is 71.1 Å². The standard InChI is InChI=1S/C18H19N3O2S/c1-10-15(24-18(19-10)21-16(22)12-5-6-12)17(23)20-14-8-7-11-3-2-4-13(11)9-14/h7-9,12H,2-6H2,1H3,(H,20,23)(H,19,21,22). The molecular formula is C18H19N3O2S. The highest BCUT2D eigenvalue weighted by Crippen LogP contribution is 2.32. The molecule has 2 amide bonds. The lowest BCUT2D eigenvalue weighted by atomic mass is 10.1. The number of rotatable bonds is 4. The molecule has 24 heavy (non-hydrogen) atoms. The van der Waals surface area contributed by atoms with Gasteiger partial charge < -0.3 is 10.6 Å². The Morgan fingerprint density at radius 2 is 1.96 bits per heavy atom. The Hall–Kier alpha value is -2.21. The normalized spacial score (nSPS) is 15.9. The van der Waals surface area contributed by atoms with Gasteiger partial charge in [0.05, 0.1) is 5.69 Å². The fourth-order valence-electron chi connectivity index (χ4n) is 3.05. The maximum Gasteiger partial charge on any atom is 0.267 e. The fraction of sp³-hybridized carbons (Fsp3) is 0.389. The first kappa shape index (κ1) is 15.3. The number of fused-ring (bicyclic) bond motifs is 1. The van der Waals surface area contributed by atoms with Gasteiger partial charge in [-0.3, -0.25) is 9.59 Å². The predicted molar refractivity (Wildman–Crippen MR) is 94.6 cm³/mol. The van der Waals surface area contributed by atoms with Crippen LogP contribution in [-0.4, -0.2) is 16.8 Å². The van der Waals surface area contributed by atoms with Gasteiger partial charge in [0.1, 0.15) is 4.88 Å². The van der Waals surface area contributed by atoms with Crippen molar-refractivity contribution in [1.82, 2.24) is 4.98 Å². The predicted octanol–water partition coefficient (Wildman–Crippen LogP) is 3.54. The van der Waals surface area contributed by atoms with Gasteiger partial charge in [-0.05, 0) is 62.3 Å². The number of carbonyl (C=O) groups excluding carboxylic acids is 2. The Morgan fingerprint density at radius 3 is 2.75 bits per heavy atom. The molecule has 2 N–H and O–H groups in total. The van der Waals surface area contributed by atoms with Crippen molar-refractivity contribution in [3.63, 3.8) is 0 Å². The average Bonchev–Trinajstić information content (AvgIpc) is 3.20. The summed E-state index contributed by atoms with van der Waals surface area (Å²) in [6, 6.07) is 6.11. The zero-order valence-electron chi connectivity index (χ0n) is 13.5. The van der Waals surface area contributed by atoms with Gasteiger partial charge in [-0.2, -0.15) is 0 Å². The van der Waals surface area contributed by atoms with Crippen LogP contribution in [0.2, 0.25) is 0 Å². The lowest BCUT2D eigenvalue weighted by Crippen LogP contribution is -2.12. The van der Waals surface area contributed by atoms with E-state index in [1.807, 2.05) is 6.07 Å². The number of hydrogen-bond donors (Lipinski definition) is 2. The van der Waals surface area contributed by atoms with E-state index in [4.69, 9.17) is 0 Å². The molecule has 1 fully saturated rings. The van der Waals surface area contributed by atoms with Crippen LogP contribution in [0.15, 0.2) is 18.2 Å². The summed E-state index contributed by atoms with van der Waals surface area (Å²) in [5, 5.41) is 6.26. The van der Waals surface area contributed by atoms with Crippen molar-refractivity contribution >= 4 is 34.0 Å². The van der Waals surface area contributed by atoms with Crippen LogP contribution < -0.4 is 10.6 Å². The maximum atomic E-state index is 12.5. The summed E-state index contributed by atoms with van der Waals surface area (Å²) < 4.78 is 0. The summed E-state index contributed by atoms with van der Waals surface area (Å²) in [5.41, 5.74) is 4.17. The number of thiazole rings is 1. The van der Waals surface area contributed by atoms with Crippen molar-refractivity contribution in [3.8, 4) is 0 Å². The first-order chi connectivity index (χ1) is 11.6. The van der Waals surface area contributed by atoms with Crippen LogP contribution in [0.5, 0.6) is 0 Å². The monoisotopic (exact) mass is 341 g/mol. The highest BCUT2D eigenvalue weighted by molar-refractivity contribution is 7.17. The number of anilines is 2. The van der Waals surface area contributed by atoms with E-state index in [2.05, 4.69) is 27.8 Å². The van der Waals surface area contributed by atoms with Crippen molar-refractivity contribution in [2.45, 2.75) is 39.0 Å².